The van der Waals surface area contributed by atoms with Crippen LogP contribution in [0.1, 0.15) is 0 Å². The van der Waals surface area contributed by atoms with Crippen molar-refractivity contribution in [3.05, 3.63) is 34.4 Å². The lowest BCUT2D eigenvalue weighted by Gasteiger charge is -2.09. The first-order chi connectivity index (χ1) is 8.13. The number of hydrogen-bond acceptors (Lipinski definition) is 3. The molecule has 1 aromatic carbocycles. The SMILES string of the molecule is CNC(=O)Oc1c(Cl)cc(Cl)c2cccnc12. The maximum absolute atomic E-state index is 11.2. The third kappa shape index (κ3) is 2.28. The first-order valence-corrected chi connectivity index (χ1v) is 5.51. The molecule has 88 valence electrons. The molecule has 0 aliphatic heterocycles. The molecule has 2 aromatic rings. The standard InChI is InChI=1S/C11H8Cl2N2O2/c1-14-11(16)17-10-8(13)5-7(12)6-3-2-4-15-9(6)10/h2-5H,1H3,(H,14,16). The summed E-state index contributed by atoms with van der Waals surface area (Å²) in [6.07, 6.45) is 0.965. The van der Waals surface area contributed by atoms with Gasteiger partial charge in [-0.15, -0.1) is 0 Å². The Kier molecular flexibility index (Phi) is 3.36. The monoisotopic (exact) mass is 270 g/mol. The Morgan fingerprint density at radius 1 is 1.41 bits per heavy atom. The molecule has 0 saturated carbocycles. The van der Waals surface area contributed by atoms with Gasteiger partial charge in [-0.05, 0) is 18.2 Å². The van der Waals surface area contributed by atoms with Gasteiger partial charge < -0.3 is 10.1 Å². The normalized spacial score (nSPS) is 10.3. The highest BCUT2D eigenvalue weighted by molar-refractivity contribution is 6.39. The molecule has 0 unspecified atom stereocenters. The van der Waals surface area contributed by atoms with Gasteiger partial charge in [0.05, 0.1) is 10.0 Å². The largest absolute Gasteiger partial charge is 0.412 e. The zero-order valence-corrected chi connectivity index (χ0v) is 10.3. The van der Waals surface area contributed by atoms with Crippen LogP contribution in [0.4, 0.5) is 4.79 Å². The van der Waals surface area contributed by atoms with Crippen molar-refractivity contribution in [2.45, 2.75) is 0 Å². The van der Waals surface area contributed by atoms with Crippen molar-refractivity contribution in [3.63, 3.8) is 0 Å². The number of hydrogen-bond donors (Lipinski definition) is 1. The van der Waals surface area contributed by atoms with Crippen molar-refractivity contribution < 1.29 is 9.53 Å². The first-order valence-electron chi connectivity index (χ1n) is 4.75. The summed E-state index contributed by atoms with van der Waals surface area (Å²) in [5.74, 6) is 0.200. The smallest absolute Gasteiger partial charge is 0.406 e. The molecule has 0 fully saturated rings. The van der Waals surface area contributed by atoms with Gasteiger partial charge >= 0.3 is 6.09 Å². The lowest BCUT2D eigenvalue weighted by Crippen LogP contribution is -2.22. The van der Waals surface area contributed by atoms with Crippen LogP contribution in [0.15, 0.2) is 24.4 Å². The quantitative estimate of drug-likeness (QED) is 0.866. The van der Waals surface area contributed by atoms with Gasteiger partial charge in [0.25, 0.3) is 0 Å². The molecule has 0 radical (unpaired) electrons. The fraction of sp³-hybridized carbons (Fsp3) is 0.0909. The Hall–Kier alpha value is -1.52. The number of carbonyl (C=O) groups is 1. The van der Waals surface area contributed by atoms with Gasteiger partial charge in [-0.3, -0.25) is 4.98 Å². The molecule has 0 spiro atoms. The molecule has 0 bridgehead atoms. The fourth-order valence-electron chi connectivity index (χ4n) is 1.39. The Morgan fingerprint density at radius 3 is 2.88 bits per heavy atom. The van der Waals surface area contributed by atoms with E-state index in [1.165, 1.54) is 13.1 Å². The highest BCUT2D eigenvalue weighted by atomic mass is 35.5. The van der Waals surface area contributed by atoms with E-state index in [1.807, 2.05) is 0 Å². The van der Waals surface area contributed by atoms with E-state index in [9.17, 15) is 4.79 Å². The Balaban J connectivity index is 2.65. The van der Waals surface area contributed by atoms with Gasteiger partial charge in [0.2, 0.25) is 0 Å². The summed E-state index contributed by atoms with van der Waals surface area (Å²) in [4.78, 5) is 15.3. The van der Waals surface area contributed by atoms with Crippen LogP contribution in [0, 0.1) is 0 Å². The van der Waals surface area contributed by atoms with Gasteiger partial charge in [0, 0.05) is 18.6 Å². The number of carbonyl (C=O) groups excluding carboxylic acids is 1. The zero-order valence-electron chi connectivity index (χ0n) is 8.83. The maximum atomic E-state index is 11.2. The Labute approximate surface area is 107 Å². The number of pyridine rings is 1. The van der Waals surface area contributed by atoms with Gasteiger partial charge in [0.1, 0.15) is 5.52 Å². The number of nitrogens with one attached hydrogen (secondary N) is 1. The van der Waals surface area contributed by atoms with Crippen molar-refractivity contribution in [1.82, 2.24) is 10.3 Å². The van der Waals surface area contributed by atoms with E-state index in [4.69, 9.17) is 27.9 Å². The molecule has 2 rings (SSSR count). The molecular formula is C11H8Cl2N2O2. The van der Waals surface area contributed by atoms with Gasteiger partial charge in [-0.25, -0.2) is 4.79 Å². The minimum Gasteiger partial charge on any atom is -0.406 e. The summed E-state index contributed by atoms with van der Waals surface area (Å²) >= 11 is 12.0. The molecule has 0 saturated heterocycles. The number of benzene rings is 1. The maximum Gasteiger partial charge on any atom is 0.412 e. The van der Waals surface area contributed by atoms with Crippen molar-refractivity contribution in [2.75, 3.05) is 7.05 Å². The highest BCUT2D eigenvalue weighted by Gasteiger charge is 2.14. The molecule has 17 heavy (non-hydrogen) atoms. The van der Waals surface area contributed by atoms with E-state index < -0.39 is 6.09 Å². The molecule has 0 atom stereocenters. The molecule has 1 aromatic heterocycles. The predicted octanol–water partition coefficient (Wildman–Crippen LogP) is 3.26. The second kappa shape index (κ2) is 4.77. The molecule has 1 N–H and O–H groups in total. The molecule has 0 aliphatic carbocycles. The summed E-state index contributed by atoms with van der Waals surface area (Å²) in [5, 5.41) is 3.72. The third-order valence-corrected chi connectivity index (χ3v) is 2.74. The summed E-state index contributed by atoms with van der Waals surface area (Å²) in [6.45, 7) is 0. The summed E-state index contributed by atoms with van der Waals surface area (Å²) in [5.41, 5.74) is 0.452. The van der Waals surface area contributed by atoms with Crippen molar-refractivity contribution in [3.8, 4) is 5.75 Å². The second-order valence-corrected chi connectivity index (χ2v) is 4.02. The number of rotatable bonds is 1. The number of aromatic nitrogens is 1. The van der Waals surface area contributed by atoms with E-state index in [2.05, 4.69) is 10.3 Å². The summed E-state index contributed by atoms with van der Waals surface area (Å²) in [7, 11) is 1.46. The number of ether oxygens (including phenoxy) is 1. The van der Waals surface area contributed by atoms with E-state index >= 15 is 0 Å². The van der Waals surface area contributed by atoms with Crippen LogP contribution in [0.2, 0.25) is 10.0 Å². The van der Waals surface area contributed by atoms with Crippen LogP contribution in [0.3, 0.4) is 0 Å². The Morgan fingerprint density at radius 2 is 2.18 bits per heavy atom. The number of halogens is 2. The molecule has 1 amide bonds. The highest BCUT2D eigenvalue weighted by Crippen LogP contribution is 2.36. The summed E-state index contributed by atoms with van der Waals surface area (Å²) in [6, 6.07) is 5.04. The zero-order chi connectivity index (χ0) is 12.4. The van der Waals surface area contributed by atoms with Gasteiger partial charge in [-0.2, -0.15) is 0 Å². The van der Waals surface area contributed by atoms with Gasteiger partial charge in [-0.1, -0.05) is 23.2 Å². The minimum absolute atomic E-state index is 0.200. The van der Waals surface area contributed by atoms with Crippen LogP contribution in [-0.4, -0.2) is 18.1 Å². The number of fused-ring (bicyclic) bond motifs is 1. The fourth-order valence-corrected chi connectivity index (χ4v) is 1.94. The number of amides is 1. The second-order valence-electron chi connectivity index (χ2n) is 3.21. The van der Waals surface area contributed by atoms with Crippen molar-refractivity contribution in [2.24, 2.45) is 0 Å². The lowest BCUT2D eigenvalue weighted by atomic mass is 10.2. The van der Waals surface area contributed by atoms with Crippen molar-refractivity contribution in [1.29, 1.82) is 0 Å². The third-order valence-electron chi connectivity index (χ3n) is 2.15. The van der Waals surface area contributed by atoms with Crippen LogP contribution in [-0.2, 0) is 0 Å². The van der Waals surface area contributed by atoms with Gasteiger partial charge in [0.15, 0.2) is 5.75 Å². The van der Waals surface area contributed by atoms with E-state index in [-0.39, 0.29) is 10.8 Å². The predicted molar refractivity (Wildman–Crippen MR) is 66.8 cm³/mol. The molecule has 4 nitrogen and oxygen atoms in total. The Bertz CT molecular complexity index is 587. The molecule has 6 heteroatoms. The van der Waals surface area contributed by atoms with Crippen molar-refractivity contribution >= 4 is 40.2 Å². The molecule has 0 aliphatic rings. The van der Waals surface area contributed by atoms with Crippen LogP contribution >= 0.6 is 23.2 Å². The van der Waals surface area contributed by atoms with E-state index in [0.29, 0.717) is 15.9 Å². The average molecular weight is 271 g/mol. The van der Waals surface area contributed by atoms with Crippen LogP contribution < -0.4 is 10.1 Å². The van der Waals surface area contributed by atoms with Crippen LogP contribution in [0.25, 0.3) is 10.9 Å². The van der Waals surface area contributed by atoms with E-state index in [1.54, 1.807) is 18.3 Å². The van der Waals surface area contributed by atoms with Crippen LogP contribution in [0.5, 0.6) is 5.75 Å². The first kappa shape index (κ1) is 12.0. The average Bonchev–Trinajstić information content (AvgIpc) is 2.34. The number of nitrogens with zero attached hydrogens (tertiary/aromatic N) is 1. The van der Waals surface area contributed by atoms with E-state index in [0.717, 1.165) is 0 Å². The molecular weight excluding hydrogens is 263 g/mol. The lowest BCUT2D eigenvalue weighted by molar-refractivity contribution is 0.203. The summed E-state index contributed by atoms with van der Waals surface area (Å²) < 4.78 is 5.06. The minimum atomic E-state index is -0.610. The topological polar surface area (TPSA) is 51.2 Å². The molecule has 1 heterocycles.